The van der Waals surface area contributed by atoms with Crippen LogP contribution in [0, 0.1) is 5.92 Å². The van der Waals surface area contributed by atoms with Crippen molar-refractivity contribution in [2.75, 3.05) is 11.9 Å². The number of fused-ring (bicyclic) bond motifs is 1. The molecule has 0 fully saturated rings. The van der Waals surface area contributed by atoms with E-state index in [0.29, 0.717) is 5.92 Å². The molecule has 3 heteroatoms. The average molecular weight is 189 g/mol. The number of nitrogens with one attached hydrogen (secondary N) is 2. The molecular weight excluding hydrogens is 174 g/mol. The zero-order valence-electron chi connectivity index (χ0n) is 8.54. The molecule has 2 N–H and O–H groups in total. The Morgan fingerprint density at radius 1 is 1.43 bits per heavy atom. The van der Waals surface area contributed by atoms with Crippen molar-refractivity contribution in [3.8, 4) is 0 Å². The monoisotopic (exact) mass is 189 g/mol. The van der Waals surface area contributed by atoms with Gasteiger partial charge in [-0.3, -0.25) is 5.10 Å². The molecule has 0 amide bonds. The minimum Gasteiger partial charge on any atom is -0.385 e. The molecule has 14 heavy (non-hydrogen) atoms. The predicted molar refractivity (Wildman–Crippen MR) is 59.4 cm³/mol. The smallest absolute Gasteiger partial charge is 0.0670 e. The van der Waals surface area contributed by atoms with E-state index in [2.05, 4.69) is 47.6 Å². The lowest BCUT2D eigenvalue weighted by molar-refractivity contribution is 0.689. The van der Waals surface area contributed by atoms with Crippen molar-refractivity contribution < 1.29 is 0 Å². The van der Waals surface area contributed by atoms with Crippen LogP contribution in [0.3, 0.4) is 0 Å². The molecule has 0 saturated carbocycles. The van der Waals surface area contributed by atoms with Crippen LogP contribution in [-0.2, 0) is 0 Å². The van der Waals surface area contributed by atoms with Gasteiger partial charge in [-0.25, -0.2) is 0 Å². The van der Waals surface area contributed by atoms with Crippen molar-refractivity contribution in [3.63, 3.8) is 0 Å². The zero-order chi connectivity index (χ0) is 9.97. The Morgan fingerprint density at radius 3 is 3.07 bits per heavy atom. The number of rotatable bonds is 3. The fourth-order valence-corrected chi connectivity index (χ4v) is 1.37. The summed E-state index contributed by atoms with van der Waals surface area (Å²) in [7, 11) is 0. The average Bonchev–Trinajstić information content (AvgIpc) is 2.61. The third kappa shape index (κ3) is 1.87. The normalized spacial score (nSPS) is 11.1. The van der Waals surface area contributed by atoms with E-state index in [9.17, 15) is 0 Å². The van der Waals surface area contributed by atoms with Gasteiger partial charge in [0.15, 0.2) is 0 Å². The van der Waals surface area contributed by atoms with Crippen molar-refractivity contribution in [2.24, 2.45) is 5.92 Å². The molecule has 0 saturated heterocycles. The third-order valence-electron chi connectivity index (χ3n) is 2.16. The van der Waals surface area contributed by atoms with Crippen LogP contribution in [0.4, 0.5) is 5.69 Å². The van der Waals surface area contributed by atoms with Crippen molar-refractivity contribution in [1.82, 2.24) is 10.2 Å². The zero-order valence-corrected chi connectivity index (χ0v) is 8.54. The number of aromatic nitrogens is 2. The topological polar surface area (TPSA) is 40.7 Å². The van der Waals surface area contributed by atoms with Crippen molar-refractivity contribution >= 4 is 16.6 Å². The maximum Gasteiger partial charge on any atom is 0.0670 e. The Hall–Kier alpha value is -1.51. The summed E-state index contributed by atoms with van der Waals surface area (Å²) < 4.78 is 0. The Morgan fingerprint density at radius 2 is 2.29 bits per heavy atom. The standard InChI is InChI=1S/C11H15N3/c1-8(2)6-12-10-4-3-9-7-13-14-11(9)5-10/h3-5,7-8,12H,6H2,1-2H3,(H,13,14). The fourth-order valence-electron chi connectivity index (χ4n) is 1.37. The van der Waals surface area contributed by atoms with Gasteiger partial charge in [0.2, 0.25) is 0 Å². The lowest BCUT2D eigenvalue weighted by Gasteiger charge is -2.08. The maximum absolute atomic E-state index is 3.98. The van der Waals surface area contributed by atoms with Crippen LogP contribution >= 0.6 is 0 Å². The van der Waals surface area contributed by atoms with Gasteiger partial charge >= 0.3 is 0 Å². The Kier molecular flexibility index (Phi) is 2.39. The van der Waals surface area contributed by atoms with Crippen LogP contribution in [-0.4, -0.2) is 16.7 Å². The third-order valence-corrected chi connectivity index (χ3v) is 2.16. The van der Waals surface area contributed by atoms with E-state index in [1.54, 1.807) is 0 Å². The molecule has 0 radical (unpaired) electrons. The second-order valence-corrected chi connectivity index (χ2v) is 3.95. The molecule has 2 aromatic rings. The summed E-state index contributed by atoms with van der Waals surface area (Å²) in [5.74, 6) is 0.660. The van der Waals surface area contributed by atoms with Crippen molar-refractivity contribution in [1.29, 1.82) is 0 Å². The lowest BCUT2D eigenvalue weighted by atomic mass is 10.2. The van der Waals surface area contributed by atoms with Gasteiger partial charge in [-0.2, -0.15) is 5.10 Å². The number of anilines is 1. The molecule has 1 aromatic heterocycles. The van der Waals surface area contributed by atoms with Crippen LogP contribution in [0.1, 0.15) is 13.8 Å². The summed E-state index contributed by atoms with van der Waals surface area (Å²) in [6.45, 7) is 5.39. The predicted octanol–water partition coefficient (Wildman–Crippen LogP) is 2.63. The van der Waals surface area contributed by atoms with Crippen molar-refractivity contribution in [2.45, 2.75) is 13.8 Å². The Balaban J connectivity index is 2.17. The molecule has 0 atom stereocenters. The maximum atomic E-state index is 3.98. The van der Waals surface area contributed by atoms with E-state index >= 15 is 0 Å². The lowest BCUT2D eigenvalue weighted by Crippen LogP contribution is -2.07. The minimum atomic E-state index is 0.660. The van der Waals surface area contributed by atoms with Gasteiger partial charge in [0.1, 0.15) is 0 Å². The van der Waals surface area contributed by atoms with Gasteiger partial charge in [0.05, 0.1) is 11.7 Å². The van der Waals surface area contributed by atoms with Gasteiger partial charge in [0, 0.05) is 17.6 Å². The van der Waals surface area contributed by atoms with E-state index in [4.69, 9.17) is 0 Å². The first-order valence-electron chi connectivity index (χ1n) is 4.93. The quantitative estimate of drug-likeness (QED) is 0.779. The molecule has 0 aliphatic carbocycles. The van der Waals surface area contributed by atoms with Gasteiger partial charge in [0.25, 0.3) is 0 Å². The van der Waals surface area contributed by atoms with Gasteiger partial charge < -0.3 is 5.32 Å². The summed E-state index contributed by atoms with van der Waals surface area (Å²) in [6, 6.07) is 6.24. The van der Waals surface area contributed by atoms with Crippen LogP contribution in [0.5, 0.6) is 0 Å². The summed E-state index contributed by atoms with van der Waals surface area (Å²) >= 11 is 0. The number of nitrogens with zero attached hydrogens (tertiary/aromatic N) is 1. The van der Waals surface area contributed by atoms with Crippen molar-refractivity contribution in [3.05, 3.63) is 24.4 Å². The highest BCUT2D eigenvalue weighted by Crippen LogP contribution is 2.16. The molecule has 1 aromatic carbocycles. The largest absolute Gasteiger partial charge is 0.385 e. The molecule has 3 nitrogen and oxygen atoms in total. The van der Waals surface area contributed by atoms with Crippen LogP contribution in [0.15, 0.2) is 24.4 Å². The highest BCUT2D eigenvalue weighted by atomic mass is 15.1. The molecule has 0 aliphatic heterocycles. The number of hydrogen-bond donors (Lipinski definition) is 2. The summed E-state index contributed by atoms with van der Waals surface area (Å²) in [4.78, 5) is 0. The van der Waals surface area contributed by atoms with E-state index in [-0.39, 0.29) is 0 Å². The van der Waals surface area contributed by atoms with Gasteiger partial charge in [-0.1, -0.05) is 13.8 Å². The second-order valence-electron chi connectivity index (χ2n) is 3.95. The number of hydrogen-bond acceptors (Lipinski definition) is 2. The molecule has 0 unspecified atom stereocenters. The van der Waals surface area contributed by atoms with Crippen LogP contribution in [0.2, 0.25) is 0 Å². The first-order valence-corrected chi connectivity index (χ1v) is 4.93. The number of H-pyrrole nitrogens is 1. The fraction of sp³-hybridized carbons (Fsp3) is 0.364. The van der Waals surface area contributed by atoms with Gasteiger partial charge in [-0.15, -0.1) is 0 Å². The SMILES string of the molecule is CC(C)CNc1ccc2cn[nH]c2c1. The van der Waals surface area contributed by atoms with E-state index in [1.165, 1.54) is 0 Å². The minimum absolute atomic E-state index is 0.660. The molecular formula is C11H15N3. The summed E-state index contributed by atoms with van der Waals surface area (Å²) in [6.07, 6.45) is 1.83. The highest BCUT2D eigenvalue weighted by Gasteiger charge is 1.98. The molecule has 0 aliphatic rings. The number of benzene rings is 1. The number of aromatic amines is 1. The first-order chi connectivity index (χ1) is 6.75. The molecule has 1 heterocycles. The molecule has 74 valence electrons. The Labute approximate surface area is 83.5 Å². The second kappa shape index (κ2) is 3.70. The summed E-state index contributed by atoms with van der Waals surface area (Å²) in [5.41, 5.74) is 2.23. The summed E-state index contributed by atoms with van der Waals surface area (Å²) in [5, 5.41) is 11.5. The highest BCUT2D eigenvalue weighted by molar-refractivity contribution is 5.81. The van der Waals surface area contributed by atoms with E-state index < -0.39 is 0 Å². The molecule has 2 rings (SSSR count). The molecule has 0 bridgehead atoms. The van der Waals surface area contributed by atoms with Crippen LogP contribution < -0.4 is 5.32 Å². The van der Waals surface area contributed by atoms with E-state index in [1.807, 2.05) is 6.20 Å². The van der Waals surface area contributed by atoms with Crippen LogP contribution in [0.25, 0.3) is 10.9 Å². The molecule has 0 spiro atoms. The first kappa shape index (κ1) is 9.06. The van der Waals surface area contributed by atoms with Gasteiger partial charge in [-0.05, 0) is 24.1 Å². The Bertz CT molecular complexity index is 417. The van der Waals surface area contributed by atoms with E-state index in [0.717, 1.165) is 23.1 Å².